The quantitative estimate of drug-likeness (QED) is 0.570. The van der Waals surface area contributed by atoms with Gasteiger partial charge in [-0.15, -0.1) is 0 Å². The second-order valence-electron chi connectivity index (χ2n) is 2.77. The van der Waals surface area contributed by atoms with E-state index in [1.54, 1.807) is 11.9 Å². The van der Waals surface area contributed by atoms with Gasteiger partial charge in [0.1, 0.15) is 0 Å². The van der Waals surface area contributed by atoms with Crippen molar-refractivity contribution >= 4 is 6.41 Å². The molecular formula is C8H18N2O. The molecule has 0 aliphatic rings. The van der Waals surface area contributed by atoms with Crippen molar-refractivity contribution in [2.75, 3.05) is 20.6 Å². The molecule has 0 fully saturated rings. The van der Waals surface area contributed by atoms with Crippen molar-refractivity contribution in [3.63, 3.8) is 0 Å². The average molecular weight is 158 g/mol. The Morgan fingerprint density at radius 1 is 1.64 bits per heavy atom. The predicted molar refractivity (Wildman–Crippen MR) is 46.4 cm³/mol. The number of amides is 1. The molecule has 0 bridgehead atoms. The average Bonchev–Trinajstić information content (AvgIpc) is 2.06. The zero-order valence-electron chi connectivity index (χ0n) is 7.63. The highest BCUT2D eigenvalue weighted by Gasteiger charge is 2.02. The van der Waals surface area contributed by atoms with Crippen LogP contribution in [0.3, 0.4) is 0 Å². The first-order valence-electron chi connectivity index (χ1n) is 4.07. The molecular weight excluding hydrogens is 140 g/mol. The van der Waals surface area contributed by atoms with E-state index in [-0.39, 0.29) is 0 Å². The van der Waals surface area contributed by atoms with Crippen molar-refractivity contribution in [2.24, 2.45) is 0 Å². The maximum absolute atomic E-state index is 10.2. The zero-order valence-corrected chi connectivity index (χ0v) is 7.63. The van der Waals surface area contributed by atoms with Crippen molar-refractivity contribution in [3.05, 3.63) is 0 Å². The van der Waals surface area contributed by atoms with E-state index in [1.807, 2.05) is 7.05 Å². The number of hydrogen-bond acceptors (Lipinski definition) is 2. The molecule has 0 spiro atoms. The van der Waals surface area contributed by atoms with Crippen molar-refractivity contribution < 1.29 is 4.79 Å². The zero-order chi connectivity index (χ0) is 8.69. The molecule has 1 amide bonds. The van der Waals surface area contributed by atoms with Crippen LogP contribution in [0.2, 0.25) is 0 Å². The number of rotatable bonds is 6. The number of nitrogens with zero attached hydrogens (tertiary/aromatic N) is 1. The first-order valence-corrected chi connectivity index (χ1v) is 4.07. The van der Waals surface area contributed by atoms with Gasteiger partial charge in [-0.05, 0) is 19.9 Å². The van der Waals surface area contributed by atoms with E-state index in [0.717, 1.165) is 25.8 Å². The molecule has 3 nitrogen and oxygen atoms in total. The molecule has 1 N–H and O–H groups in total. The largest absolute Gasteiger partial charge is 0.348 e. The topological polar surface area (TPSA) is 32.3 Å². The molecule has 1 unspecified atom stereocenters. The van der Waals surface area contributed by atoms with Crippen molar-refractivity contribution in [2.45, 2.75) is 25.8 Å². The van der Waals surface area contributed by atoms with Gasteiger partial charge in [-0.2, -0.15) is 0 Å². The van der Waals surface area contributed by atoms with E-state index in [4.69, 9.17) is 0 Å². The van der Waals surface area contributed by atoms with Crippen LogP contribution in [0, 0.1) is 0 Å². The van der Waals surface area contributed by atoms with Crippen LogP contribution in [0.5, 0.6) is 0 Å². The van der Waals surface area contributed by atoms with Crippen LogP contribution in [0.25, 0.3) is 0 Å². The van der Waals surface area contributed by atoms with Crippen LogP contribution in [-0.4, -0.2) is 38.0 Å². The fourth-order valence-electron chi connectivity index (χ4n) is 0.965. The van der Waals surface area contributed by atoms with E-state index in [0.29, 0.717) is 6.04 Å². The Labute approximate surface area is 68.8 Å². The van der Waals surface area contributed by atoms with E-state index in [1.165, 1.54) is 0 Å². The van der Waals surface area contributed by atoms with Crippen LogP contribution in [0.4, 0.5) is 0 Å². The standard InChI is InChI=1S/C8H18N2O/c1-4-8(9-2)5-6-10(3)7-11/h7-9H,4-6H2,1-3H3. The minimum absolute atomic E-state index is 0.539. The molecule has 0 aromatic carbocycles. The lowest BCUT2D eigenvalue weighted by Crippen LogP contribution is -2.29. The fourth-order valence-corrected chi connectivity index (χ4v) is 0.965. The van der Waals surface area contributed by atoms with Gasteiger partial charge in [-0.1, -0.05) is 6.92 Å². The lowest BCUT2D eigenvalue weighted by atomic mass is 10.1. The van der Waals surface area contributed by atoms with E-state index < -0.39 is 0 Å². The van der Waals surface area contributed by atoms with Gasteiger partial charge in [0, 0.05) is 19.6 Å². The highest BCUT2D eigenvalue weighted by molar-refractivity contribution is 5.46. The van der Waals surface area contributed by atoms with Crippen LogP contribution >= 0.6 is 0 Å². The summed E-state index contributed by atoms with van der Waals surface area (Å²) in [7, 11) is 3.75. The SMILES string of the molecule is CCC(CCN(C)C=O)NC. The molecule has 0 heterocycles. The molecule has 0 aliphatic heterocycles. The molecule has 0 rings (SSSR count). The second-order valence-corrected chi connectivity index (χ2v) is 2.77. The van der Waals surface area contributed by atoms with Crippen molar-refractivity contribution in [3.8, 4) is 0 Å². The molecule has 0 aromatic heterocycles. The number of nitrogens with one attached hydrogen (secondary N) is 1. The molecule has 0 saturated carbocycles. The second kappa shape index (κ2) is 6.16. The van der Waals surface area contributed by atoms with Gasteiger partial charge in [0.25, 0.3) is 0 Å². The maximum atomic E-state index is 10.2. The van der Waals surface area contributed by atoms with E-state index in [2.05, 4.69) is 12.2 Å². The Balaban J connectivity index is 3.41. The maximum Gasteiger partial charge on any atom is 0.209 e. The van der Waals surface area contributed by atoms with Gasteiger partial charge >= 0.3 is 0 Å². The summed E-state index contributed by atoms with van der Waals surface area (Å²) in [6.45, 7) is 2.98. The third-order valence-corrected chi connectivity index (χ3v) is 1.91. The molecule has 11 heavy (non-hydrogen) atoms. The highest BCUT2D eigenvalue weighted by atomic mass is 16.1. The van der Waals surface area contributed by atoms with Crippen LogP contribution in [0.1, 0.15) is 19.8 Å². The van der Waals surface area contributed by atoms with E-state index in [9.17, 15) is 4.79 Å². The summed E-state index contributed by atoms with van der Waals surface area (Å²) in [5, 5.41) is 3.19. The van der Waals surface area contributed by atoms with Crippen LogP contribution < -0.4 is 5.32 Å². The summed E-state index contributed by atoms with van der Waals surface area (Å²) in [6.07, 6.45) is 3.01. The van der Waals surface area contributed by atoms with Crippen LogP contribution in [0.15, 0.2) is 0 Å². The summed E-state index contributed by atoms with van der Waals surface area (Å²) in [6, 6.07) is 0.539. The molecule has 0 aliphatic carbocycles. The van der Waals surface area contributed by atoms with Gasteiger partial charge in [0.15, 0.2) is 0 Å². The molecule has 0 aromatic rings. The van der Waals surface area contributed by atoms with Gasteiger partial charge in [-0.3, -0.25) is 4.79 Å². The molecule has 0 radical (unpaired) electrons. The monoisotopic (exact) mass is 158 g/mol. The van der Waals surface area contributed by atoms with E-state index >= 15 is 0 Å². The first-order chi connectivity index (χ1) is 5.24. The lowest BCUT2D eigenvalue weighted by molar-refractivity contribution is -0.117. The van der Waals surface area contributed by atoms with Crippen LogP contribution in [-0.2, 0) is 4.79 Å². The minimum atomic E-state index is 0.539. The highest BCUT2D eigenvalue weighted by Crippen LogP contribution is 1.96. The summed E-state index contributed by atoms with van der Waals surface area (Å²) in [5.41, 5.74) is 0. The fraction of sp³-hybridized carbons (Fsp3) is 0.875. The lowest BCUT2D eigenvalue weighted by Gasteiger charge is -2.16. The third kappa shape index (κ3) is 4.79. The van der Waals surface area contributed by atoms with Gasteiger partial charge in [-0.25, -0.2) is 0 Å². The third-order valence-electron chi connectivity index (χ3n) is 1.91. The Bertz CT molecular complexity index is 102. The summed E-state index contributed by atoms with van der Waals surface area (Å²) >= 11 is 0. The van der Waals surface area contributed by atoms with Gasteiger partial charge < -0.3 is 10.2 Å². The first kappa shape index (κ1) is 10.4. The molecule has 66 valence electrons. The Morgan fingerprint density at radius 3 is 2.64 bits per heavy atom. The molecule has 1 atom stereocenters. The Kier molecular flexibility index (Phi) is 5.84. The predicted octanol–water partition coefficient (Wildman–Crippen LogP) is 0.463. The number of hydrogen-bond donors (Lipinski definition) is 1. The smallest absolute Gasteiger partial charge is 0.209 e. The number of carbonyl (C=O) groups is 1. The normalized spacial score (nSPS) is 12.6. The summed E-state index contributed by atoms with van der Waals surface area (Å²) < 4.78 is 0. The van der Waals surface area contributed by atoms with Gasteiger partial charge in [0.2, 0.25) is 6.41 Å². The summed E-state index contributed by atoms with van der Waals surface area (Å²) in [4.78, 5) is 11.9. The van der Waals surface area contributed by atoms with Crippen molar-refractivity contribution in [1.29, 1.82) is 0 Å². The Hall–Kier alpha value is -0.570. The van der Waals surface area contributed by atoms with Crippen molar-refractivity contribution in [1.82, 2.24) is 10.2 Å². The summed E-state index contributed by atoms with van der Waals surface area (Å²) in [5.74, 6) is 0. The number of carbonyl (C=O) groups excluding carboxylic acids is 1. The Morgan fingerprint density at radius 2 is 2.27 bits per heavy atom. The van der Waals surface area contributed by atoms with Gasteiger partial charge in [0.05, 0.1) is 0 Å². The molecule has 3 heteroatoms. The molecule has 0 saturated heterocycles. The minimum Gasteiger partial charge on any atom is -0.348 e.